The Hall–Kier alpha value is -1.95. The monoisotopic (exact) mass is 332 g/mol. The van der Waals surface area contributed by atoms with Crippen LogP contribution in [0.2, 0.25) is 0 Å². The molecule has 2 aliphatic rings. The van der Waals surface area contributed by atoms with E-state index in [1.54, 1.807) is 0 Å². The predicted molar refractivity (Wildman–Crippen MR) is 95.6 cm³/mol. The van der Waals surface area contributed by atoms with Crippen molar-refractivity contribution in [1.29, 1.82) is 0 Å². The van der Waals surface area contributed by atoms with Gasteiger partial charge in [-0.3, -0.25) is 0 Å². The van der Waals surface area contributed by atoms with Crippen molar-refractivity contribution in [3.8, 4) is 11.5 Å². The second-order valence-electron chi connectivity index (χ2n) is 6.53. The van der Waals surface area contributed by atoms with Gasteiger partial charge in [0.25, 0.3) is 0 Å². The number of ether oxygens (including phenoxy) is 2. The summed E-state index contributed by atoms with van der Waals surface area (Å²) in [6.07, 6.45) is 2.58. The molecule has 3 rings (SSSR count). The molecule has 1 aromatic rings. The van der Waals surface area contributed by atoms with Crippen LogP contribution in [0.3, 0.4) is 0 Å². The quantitative estimate of drug-likeness (QED) is 0.636. The molecule has 1 unspecified atom stereocenters. The van der Waals surface area contributed by atoms with E-state index < -0.39 is 0 Å². The smallest absolute Gasteiger partial charge is 0.231 e. The van der Waals surface area contributed by atoms with Gasteiger partial charge in [0, 0.05) is 19.6 Å². The average Bonchev–Trinajstić information content (AvgIpc) is 3.05. The highest BCUT2D eigenvalue weighted by atomic mass is 16.7. The first-order chi connectivity index (χ1) is 11.7. The number of piperidine rings is 1. The van der Waals surface area contributed by atoms with Crippen LogP contribution in [-0.4, -0.2) is 50.9 Å². The summed E-state index contributed by atoms with van der Waals surface area (Å²) in [6, 6.07) is 5.99. The molecular formula is C18H28N4O2. The van der Waals surface area contributed by atoms with Crippen molar-refractivity contribution < 1.29 is 9.47 Å². The van der Waals surface area contributed by atoms with Crippen molar-refractivity contribution in [2.24, 2.45) is 10.9 Å². The molecule has 0 spiro atoms. The molecule has 132 valence electrons. The van der Waals surface area contributed by atoms with Gasteiger partial charge in [0.15, 0.2) is 17.5 Å². The number of aliphatic imine (C=N–C) groups is 1. The third-order valence-corrected chi connectivity index (χ3v) is 4.48. The summed E-state index contributed by atoms with van der Waals surface area (Å²) in [7, 11) is 2.20. The van der Waals surface area contributed by atoms with Crippen LogP contribution in [0.4, 0.5) is 0 Å². The second-order valence-corrected chi connectivity index (χ2v) is 6.53. The van der Waals surface area contributed by atoms with E-state index in [9.17, 15) is 0 Å². The van der Waals surface area contributed by atoms with Crippen LogP contribution in [0.1, 0.15) is 25.3 Å². The molecule has 0 aliphatic carbocycles. The molecule has 2 aliphatic heterocycles. The maximum atomic E-state index is 5.42. The predicted octanol–water partition coefficient (Wildman–Crippen LogP) is 1.81. The van der Waals surface area contributed by atoms with Gasteiger partial charge in [-0.25, -0.2) is 4.99 Å². The summed E-state index contributed by atoms with van der Waals surface area (Å²) in [4.78, 5) is 7.11. The molecule has 1 fully saturated rings. The molecule has 1 saturated heterocycles. The molecule has 0 saturated carbocycles. The highest BCUT2D eigenvalue weighted by molar-refractivity contribution is 5.79. The van der Waals surface area contributed by atoms with Crippen molar-refractivity contribution in [3.05, 3.63) is 23.8 Å². The van der Waals surface area contributed by atoms with Crippen molar-refractivity contribution in [2.45, 2.75) is 26.3 Å². The molecule has 1 aromatic carbocycles. The van der Waals surface area contributed by atoms with E-state index in [1.807, 2.05) is 18.2 Å². The maximum absolute atomic E-state index is 5.42. The first-order valence-electron chi connectivity index (χ1n) is 8.84. The molecule has 2 heterocycles. The average molecular weight is 332 g/mol. The Morgan fingerprint density at radius 2 is 2.17 bits per heavy atom. The van der Waals surface area contributed by atoms with Gasteiger partial charge >= 0.3 is 0 Å². The van der Waals surface area contributed by atoms with Gasteiger partial charge in [0.2, 0.25) is 6.79 Å². The lowest BCUT2D eigenvalue weighted by molar-refractivity contribution is 0.174. The number of guanidine groups is 1. The fourth-order valence-electron chi connectivity index (χ4n) is 3.23. The molecule has 2 N–H and O–H groups in total. The number of nitrogens with zero attached hydrogens (tertiary/aromatic N) is 2. The first-order valence-corrected chi connectivity index (χ1v) is 8.84. The van der Waals surface area contributed by atoms with Gasteiger partial charge < -0.3 is 25.0 Å². The highest BCUT2D eigenvalue weighted by Gasteiger charge is 2.17. The number of benzene rings is 1. The zero-order chi connectivity index (χ0) is 16.8. The molecule has 0 radical (unpaired) electrons. The lowest BCUT2D eigenvalue weighted by atomic mass is 9.99. The molecule has 1 atom stereocenters. The van der Waals surface area contributed by atoms with E-state index in [4.69, 9.17) is 14.5 Å². The number of nitrogens with one attached hydrogen (secondary N) is 2. The third kappa shape index (κ3) is 4.54. The zero-order valence-corrected chi connectivity index (χ0v) is 14.7. The minimum atomic E-state index is 0.308. The third-order valence-electron chi connectivity index (χ3n) is 4.48. The number of fused-ring (bicyclic) bond motifs is 1. The Morgan fingerprint density at radius 3 is 3.00 bits per heavy atom. The Morgan fingerprint density at radius 1 is 1.29 bits per heavy atom. The first kappa shape index (κ1) is 16.9. The van der Waals surface area contributed by atoms with Crippen LogP contribution in [0.5, 0.6) is 11.5 Å². The summed E-state index contributed by atoms with van der Waals surface area (Å²) >= 11 is 0. The van der Waals surface area contributed by atoms with E-state index in [0.29, 0.717) is 19.3 Å². The van der Waals surface area contributed by atoms with Crippen molar-refractivity contribution >= 4 is 5.96 Å². The lowest BCUT2D eigenvalue weighted by Gasteiger charge is -2.30. The van der Waals surface area contributed by atoms with Gasteiger partial charge in [0.05, 0.1) is 6.54 Å². The minimum absolute atomic E-state index is 0.308. The molecule has 24 heavy (non-hydrogen) atoms. The van der Waals surface area contributed by atoms with Crippen molar-refractivity contribution in [1.82, 2.24) is 15.5 Å². The van der Waals surface area contributed by atoms with E-state index in [-0.39, 0.29) is 0 Å². The van der Waals surface area contributed by atoms with Gasteiger partial charge in [0.1, 0.15) is 0 Å². The second kappa shape index (κ2) is 8.24. The van der Waals surface area contributed by atoms with E-state index >= 15 is 0 Å². The molecular weight excluding hydrogens is 304 g/mol. The van der Waals surface area contributed by atoms with Crippen LogP contribution in [0, 0.1) is 5.92 Å². The van der Waals surface area contributed by atoms with Crippen molar-refractivity contribution in [3.63, 3.8) is 0 Å². The number of hydrogen-bond donors (Lipinski definition) is 2. The Balaban J connectivity index is 1.55. The van der Waals surface area contributed by atoms with Crippen LogP contribution >= 0.6 is 0 Å². The fourth-order valence-corrected chi connectivity index (χ4v) is 3.23. The summed E-state index contributed by atoms with van der Waals surface area (Å²) in [5.74, 6) is 3.20. The summed E-state index contributed by atoms with van der Waals surface area (Å²) in [5, 5.41) is 6.82. The Labute approximate surface area is 144 Å². The van der Waals surface area contributed by atoms with Gasteiger partial charge in [-0.2, -0.15) is 0 Å². The number of rotatable bonds is 5. The van der Waals surface area contributed by atoms with Crippen LogP contribution in [0.15, 0.2) is 23.2 Å². The zero-order valence-electron chi connectivity index (χ0n) is 14.7. The SMILES string of the molecule is CCNC(=NCc1ccc2c(c1)OCO2)NCC1CCCN(C)C1. The van der Waals surface area contributed by atoms with Gasteiger partial charge in [-0.1, -0.05) is 6.07 Å². The summed E-state index contributed by atoms with van der Waals surface area (Å²) in [6.45, 7) is 7.23. The largest absolute Gasteiger partial charge is 0.454 e. The van der Waals surface area contributed by atoms with Gasteiger partial charge in [-0.05, 0) is 57.0 Å². The molecule has 0 aromatic heterocycles. The standard InChI is InChI=1S/C18H28N4O2/c1-3-19-18(21-11-15-5-4-8-22(2)12-15)20-10-14-6-7-16-17(9-14)24-13-23-16/h6-7,9,15H,3-5,8,10-13H2,1-2H3,(H2,19,20,21). The van der Waals surface area contributed by atoms with Crippen LogP contribution < -0.4 is 20.1 Å². The molecule has 6 nitrogen and oxygen atoms in total. The van der Waals surface area contributed by atoms with Crippen molar-refractivity contribution in [2.75, 3.05) is 40.0 Å². The van der Waals surface area contributed by atoms with E-state index in [0.717, 1.165) is 42.7 Å². The lowest BCUT2D eigenvalue weighted by Crippen LogP contribution is -2.43. The maximum Gasteiger partial charge on any atom is 0.231 e. The molecule has 0 amide bonds. The molecule has 0 bridgehead atoms. The minimum Gasteiger partial charge on any atom is -0.454 e. The summed E-state index contributed by atoms with van der Waals surface area (Å²) in [5.41, 5.74) is 1.12. The Kier molecular flexibility index (Phi) is 5.80. The van der Waals surface area contributed by atoms with E-state index in [2.05, 4.69) is 29.5 Å². The fraction of sp³-hybridized carbons (Fsp3) is 0.611. The highest BCUT2D eigenvalue weighted by Crippen LogP contribution is 2.32. The number of hydrogen-bond acceptors (Lipinski definition) is 4. The Bertz CT molecular complexity index is 576. The van der Waals surface area contributed by atoms with Crippen LogP contribution in [-0.2, 0) is 6.54 Å². The number of likely N-dealkylation sites (tertiary alicyclic amines) is 1. The summed E-state index contributed by atoms with van der Waals surface area (Å²) < 4.78 is 10.8. The normalized spacial score (nSPS) is 20.9. The topological polar surface area (TPSA) is 58.1 Å². The molecule has 6 heteroatoms. The van der Waals surface area contributed by atoms with E-state index in [1.165, 1.54) is 19.4 Å². The van der Waals surface area contributed by atoms with Gasteiger partial charge in [-0.15, -0.1) is 0 Å². The van der Waals surface area contributed by atoms with Crippen LogP contribution in [0.25, 0.3) is 0 Å².